The molecule has 1 atom stereocenters. The average molecular weight is 407 g/mol. The van der Waals surface area contributed by atoms with E-state index in [1.54, 1.807) is 57.2 Å². The predicted molar refractivity (Wildman–Crippen MR) is 108 cm³/mol. The predicted octanol–water partition coefficient (Wildman–Crippen LogP) is 4.83. The van der Waals surface area contributed by atoms with Gasteiger partial charge in [-0.3, -0.25) is 14.5 Å². The summed E-state index contributed by atoms with van der Waals surface area (Å²) in [6, 6.07) is 9.50. The van der Waals surface area contributed by atoms with Gasteiger partial charge in [-0.1, -0.05) is 29.3 Å². The van der Waals surface area contributed by atoms with E-state index in [9.17, 15) is 9.59 Å². The number of benzene rings is 2. The van der Waals surface area contributed by atoms with E-state index in [2.05, 4.69) is 5.32 Å². The molecule has 2 amide bonds. The number of carbonyl (C=O) groups is 2. The van der Waals surface area contributed by atoms with Crippen LogP contribution in [0.2, 0.25) is 10.0 Å². The normalized spacial score (nSPS) is 16.4. The minimum atomic E-state index is -1.10. The van der Waals surface area contributed by atoms with Crippen LogP contribution >= 0.6 is 23.2 Å². The quantitative estimate of drug-likeness (QED) is 0.793. The first-order valence-electron chi connectivity index (χ1n) is 8.50. The van der Waals surface area contributed by atoms with Crippen LogP contribution in [-0.4, -0.2) is 23.5 Å². The van der Waals surface area contributed by atoms with Crippen molar-refractivity contribution < 1.29 is 14.3 Å². The van der Waals surface area contributed by atoms with Crippen LogP contribution in [0.1, 0.15) is 26.3 Å². The van der Waals surface area contributed by atoms with E-state index in [4.69, 9.17) is 27.9 Å². The van der Waals surface area contributed by atoms with Gasteiger partial charge in [0.15, 0.2) is 5.60 Å². The Hall–Kier alpha value is -2.24. The molecule has 0 aromatic heterocycles. The lowest BCUT2D eigenvalue weighted by Crippen LogP contribution is -2.57. The number of halogens is 2. The standard InChI is InChI=1S/C20H20Cl2N2O3/c1-11-14(22)6-5-7-15(11)23-18(25)12(2)24-16-10-13(21)8-9-17(16)27-20(3,4)19(24)26/h5-10,12H,1-4H3,(H,23,25). The molecule has 1 aliphatic heterocycles. The Morgan fingerprint density at radius 2 is 1.93 bits per heavy atom. The van der Waals surface area contributed by atoms with Gasteiger partial charge >= 0.3 is 0 Å². The Balaban J connectivity index is 1.96. The number of anilines is 2. The first kappa shape index (κ1) is 19.5. The molecule has 1 aliphatic rings. The summed E-state index contributed by atoms with van der Waals surface area (Å²) in [5, 5.41) is 3.86. The van der Waals surface area contributed by atoms with Gasteiger partial charge in [0.1, 0.15) is 11.8 Å². The van der Waals surface area contributed by atoms with Crippen molar-refractivity contribution in [3.8, 4) is 5.75 Å². The van der Waals surface area contributed by atoms with Crippen molar-refractivity contribution in [3.05, 3.63) is 52.0 Å². The molecule has 1 N–H and O–H groups in total. The fourth-order valence-electron chi connectivity index (χ4n) is 2.96. The zero-order chi connectivity index (χ0) is 19.9. The lowest BCUT2D eigenvalue weighted by Gasteiger charge is -2.41. The lowest BCUT2D eigenvalue weighted by atomic mass is 10.0. The molecular weight excluding hydrogens is 387 g/mol. The number of fused-ring (bicyclic) bond motifs is 1. The molecule has 1 heterocycles. The maximum absolute atomic E-state index is 13.0. The summed E-state index contributed by atoms with van der Waals surface area (Å²) in [4.78, 5) is 27.3. The van der Waals surface area contributed by atoms with Gasteiger partial charge in [0.2, 0.25) is 5.91 Å². The molecule has 7 heteroatoms. The number of hydrogen-bond donors (Lipinski definition) is 1. The highest BCUT2D eigenvalue weighted by Crippen LogP contribution is 2.40. The van der Waals surface area contributed by atoms with Gasteiger partial charge in [-0.2, -0.15) is 0 Å². The minimum absolute atomic E-state index is 0.317. The van der Waals surface area contributed by atoms with Crippen molar-refractivity contribution >= 4 is 46.4 Å². The van der Waals surface area contributed by atoms with E-state index in [0.717, 1.165) is 5.56 Å². The van der Waals surface area contributed by atoms with E-state index >= 15 is 0 Å². The first-order chi connectivity index (χ1) is 12.6. The number of hydrogen-bond acceptors (Lipinski definition) is 3. The molecule has 0 fully saturated rings. The van der Waals surface area contributed by atoms with Crippen LogP contribution in [0.5, 0.6) is 5.75 Å². The van der Waals surface area contributed by atoms with Crippen LogP contribution in [-0.2, 0) is 9.59 Å². The van der Waals surface area contributed by atoms with Crippen molar-refractivity contribution in [1.29, 1.82) is 0 Å². The van der Waals surface area contributed by atoms with Crippen LogP contribution in [0.15, 0.2) is 36.4 Å². The highest BCUT2D eigenvalue weighted by atomic mass is 35.5. The molecule has 0 saturated heterocycles. The van der Waals surface area contributed by atoms with Gasteiger partial charge in [-0.25, -0.2) is 0 Å². The molecule has 0 saturated carbocycles. The van der Waals surface area contributed by atoms with Gasteiger partial charge in [0.25, 0.3) is 5.91 Å². The summed E-state index contributed by atoms with van der Waals surface area (Å²) in [5.41, 5.74) is 0.737. The lowest BCUT2D eigenvalue weighted by molar-refractivity contribution is -0.134. The van der Waals surface area contributed by atoms with Crippen LogP contribution in [0.3, 0.4) is 0 Å². The smallest absolute Gasteiger partial charge is 0.271 e. The zero-order valence-corrected chi connectivity index (χ0v) is 17.0. The van der Waals surface area contributed by atoms with Gasteiger partial charge in [0, 0.05) is 15.7 Å². The molecule has 2 aromatic carbocycles. The molecule has 0 aliphatic carbocycles. The number of rotatable bonds is 3. The van der Waals surface area contributed by atoms with Crippen molar-refractivity contribution in [2.45, 2.75) is 39.3 Å². The maximum Gasteiger partial charge on any atom is 0.271 e. The van der Waals surface area contributed by atoms with E-state index in [1.807, 2.05) is 6.92 Å². The van der Waals surface area contributed by atoms with Crippen molar-refractivity contribution in [2.24, 2.45) is 0 Å². The van der Waals surface area contributed by atoms with Crippen molar-refractivity contribution in [2.75, 3.05) is 10.2 Å². The summed E-state index contributed by atoms with van der Waals surface area (Å²) in [6.07, 6.45) is 0. The summed E-state index contributed by atoms with van der Waals surface area (Å²) in [6.45, 7) is 6.83. The molecule has 27 heavy (non-hydrogen) atoms. The maximum atomic E-state index is 13.0. The molecule has 5 nitrogen and oxygen atoms in total. The van der Waals surface area contributed by atoms with Crippen molar-refractivity contribution in [1.82, 2.24) is 0 Å². The second kappa shape index (κ2) is 7.06. The fraction of sp³-hybridized carbons (Fsp3) is 0.300. The summed E-state index contributed by atoms with van der Waals surface area (Å²) in [5.74, 6) is -0.150. The second-order valence-corrected chi connectivity index (χ2v) is 7.82. The van der Waals surface area contributed by atoms with Crippen LogP contribution in [0, 0.1) is 6.92 Å². The summed E-state index contributed by atoms with van der Waals surface area (Å²) in [7, 11) is 0. The number of nitrogens with one attached hydrogen (secondary N) is 1. The Bertz CT molecular complexity index is 927. The minimum Gasteiger partial charge on any atom is -0.476 e. The first-order valence-corrected chi connectivity index (χ1v) is 9.25. The molecule has 2 aromatic rings. The Morgan fingerprint density at radius 1 is 1.22 bits per heavy atom. The molecular formula is C20H20Cl2N2O3. The number of nitrogens with zero attached hydrogens (tertiary/aromatic N) is 1. The highest BCUT2D eigenvalue weighted by molar-refractivity contribution is 6.32. The summed E-state index contributed by atoms with van der Waals surface area (Å²) >= 11 is 12.2. The van der Waals surface area contributed by atoms with E-state index < -0.39 is 11.6 Å². The topological polar surface area (TPSA) is 58.6 Å². The second-order valence-electron chi connectivity index (χ2n) is 6.98. The number of ether oxygens (including phenoxy) is 1. The molecule has 3 rings (SSSR count). The van der Waals surface area contributed by atoms with E-state index in [0.29, 0.717) is 27.2 Å². The number of amides is 2. The molecule has 0 spiro atoms. The third-order valence-corrected chi connectivity index (χ3v) is 5.22. The largest absolute Gasteiger partial charge is 0.476 e. The highest BCUT2D eigenvalue weighted by Gasteiger charge is 2.44. The van der Waals surface area contributed by atoms with E-state index in [-0.39, 0.29) is 11.8 Å². The van der Waals surface area contributed by atoms with Gasteiger partial charge < -0.3 is 10.1 Å². The van der Waals surface area contributed by atoms with E-state index in [1.165, 1.54) is 4.90 Å². The van der Waals surface area contributed by atoms with Crippen LogP contribution in [0.4, 0.5) is 11.4 Å². The van der Waals surface area contributed by atoms with Gasteiger partial charge in [-0.05, 0) is 63.6 Å². The molecule has 142 valence electrons. The Morgan fingerprint density at radius 3 is 2.63 bits per heavy atom. The number of carbonyl (C=O) groups excluding carboxylic acids is 2. The van der Waals surface area contributed by atoms with Gasteiger partial charge in [-0.15, -0.1) is 0 Å². The average Bonchev–Trinajstić information content (AvgIpc) is 2.60. The SMILES string of the molecule is Cc1c(Cl)cccc1NC(=O)C(C)N1C(=O)C(C)(C)Oc2ccc(Cl)cc21. The Kier molecular flexibility index (Phi) is 5.10. The molecule has 0 radical (unpaired) electrons. The Labute approximate surface area is 168 Å². The monoisotopic (exact) mass is 406 g/mol. The fourth-order valence-corrected chi connectivity index (χ4v) is 3.31. The third-order valence-electron chi connectivity index (χ3n) is 4.57. The molecule has 0 bridgehead atoms. The van der Waals surface area contributed by atoms with Crippen LogP contribution in [0.25, 0.3) is 0 Å². The van der Waals surface area contributed by atoms with Gasteiger partial charge in [0.05, 0.1) is 5.69 Å². The van der Waals surface area contributed by atoms with Crippen LogP contribution < -0.4 is 15.0 Å². The van der Waals surface area contributed by atoms with Crippen molar-refractivity contribution in [3.63, 3.8) is 0 Å². The zero-order valence-electron chi connectivity index (χ0n) is 15.5. The third kappa shape index (κ3) is 3.62. The molecule has 1 unspecified atom stereocenters. The summed E-state index contributed by atoms with van der Waals surface area (Å²) < 4.78 is 5.80.